The van der Waals surface area contributed by atoms with Gasteiger partial charge in [-0.25, -0.2) is 0 Å². The van der Waals surface area contributed by atoms with Crippen molar-refractivity contribution in [3.63, 3.8) is 0 Å². The number of aryl methyl sites for hydroxylation is 3. The van der Waals surface area contributed by atoms with Crippen molar-refractivity contribution in [2.45, 2.75) is 97.2 Å². The van der Waals surface area contributed by atoms with E-state index in [2.05, 4.69) is 51.1 Å². The highest BCUT2D eigenvalue weighted by atomic mass is 16.5. The second-order valence-corrected chi connectivity index (χ2v) is 10.1. The number of carboxylic acids is 1. The van der Waals surface area contributed by atoms with Crippen LogP contribution < -0.4 is 4.74 Å². The fourth-order valence-corrected chi connectivity index (χ4v) is 4.62. The van der Waals surface area contributed by atoms with Crippen LogP contribution in [0.4, 0.5) is 0 Å². The van der Waals surface area contributed by atoms with E-state index in [0.29, 0.717) is 5.75 Å². The van der Waals surface area contributed by atoms with Crippen molar-refractivity contribution >= 4 is 5.97 Å². The number of hydrogen-bond acceptors (Lipinski definition) is 4. The van der Waals surface area contributed by atoms with Gasteiger partial charge in [-0.05, 0) is 93.7 Å². The van der Waals surface area contributed by atoms with Crippen molar-refractivity contribution in [3.8, 4) is 5.75 Å². The highest BCUT2D eigenvalue weighted by molar-refractivity contribution is 5.66. The van der Waals surface area contributed by atoms with Gasteiger partial charge in [0.25, 0.3) is 0 Å². The normalized spacial score (nSPS) is 13.1. The van der Waals surface area contributed by atoms with Crippen molar-refractivity contribution in [2.75, 3.05) is 6.61 Å². The number of aliphatic hydroxyl groups is 2. The van der Waals surface area contributed by atoms with Gasteiger partial charge in [-0.3, -0.25) is 4.79 Å². The lowest BCUT2D eigenvalue weighted by Crippen LogP contribution is -2.26. The van der Waals surface area contributed by atoms with Crippen LogP contribution in [0.1, 0.15) is 87.6 Å². The summed E-state index contributed by atoms with van der Waals surface area (Å²) in [5.74, 6) is -0.215. The molecule has 3 N–H and O–H groups in total. The zero-order chi connectivity index (χ0) is 25.5. The van der Waals surface area contributed by atoms with Crippen LogP contribution in [0.25, 0.3) is 0 Å². The van der Waals surface area contributed by atoms with Gasteiger partial charge in [0.15, 0.2) is 0 Å². The molecule has 1 atom stereocenters. The van der Waals surface area contributed by atoms with E-state index in [-0.39, 0.29) is 24.9 Å². The van der Waals surface area contributed by atoms with Crippen LogP contribution in [0.15, 0.2) is 36.4 Å². The number of aliphatic carboxylic acids is 1. The van der Waals surface area contributed by atoms with E-state index >= 15 is 0 Å². The lowest BCUT2D eigenvalue weighted by Gasteiger charge is -2.34. The van der Waals surface area contributed by atoms with E-state index in [1.807, 2.05) is 26.8 Å². The van der Waals surface area contributed by atoms with Crippen LogP contribution in [0.5, 0.6) is 5.75 Å². The largest absolute Gasteiger partial charge is 0.491 e. The van der Waals surface area contributed by atoms with E-state index in [1.165, 1.54) is 22.3 Å². The highest BCUT2D eigenvalue weighted by Gasteiger charge is 2.31. The third kappa shape index (κ3) is 7.31. The Hall–Kier alpha value is -2.37. The van der Waals surface area contributed by atoms with Crippen LogP contribution in [-0.2, 0) is 16.6 Å². The molecule has 0 saturated carbocycles. The second kappa shape index (κ2) is 11.9. The summed E-state index contributed by atoms with van der Waals surface area (Å²) in [6, 6.07) is 13.0. The Labute approximate surface area is 204 Å². The first-order chi connectivity index (χ1) is 15.9. The van der Waals surface area contributed by atoms with Crippen LogP contribution in [-0.4, -0.2) is 39.6 Å². The fourth-order valence-electron chi connectivity index (χ4n) is 4.62. The number of ether oxygens (including phenoxy) is 1. The quantitative estimate of drug-likeness (QED) is 0.349. The molecule has 0 heterocycles. The minimum absolute atomic E-state index is 0.0749. The van der Waals surface area contributed by atoms with Gasteiger partial charge in [0.2, 0.25) is 0 Å². The van der Waals surface area contributed by atoms with Crippen molar-refractivity contribution in [1.29, 1.82) is 0 Å². The summed E-state index contributed by atoms with van der Waals surface area (Å²) in [4.78, 5) is 10.7. The van der Waals surface area contributed by atoms with Gasteiger partial charge in [-0.1, -0.05) is 44.2 Å². The minimum Gasteiger partial charge on any atom is -0.491 e. The summed E-state index contributed by atoms with van der Waals surface area (Å²) in [6.07, 6.45) is 2.79. The Morgan fingerprint density at radius 3 is 2.09 bits per heavy atom. The van der Waals surface area contributed by atoms with E-state index in [0.717, 1.165) is 31.2 Å². The Bertz CT molecular complexity index is 953. The average molecular weight is 471 g/mol. The van der Waals surface area contributed by atoms with Gasteiger partial charge in [-0.2, -0.15) is 0 Å². The maximum absolute atomic E-state index is 10.7. The van der Waals surface area contributed by atoms with Crippen LogP contribution in [0.3, 0.4) is 0 Å². The molecule has 2 aromatic rings. The topological polar surface area (TPSA) is 87.0 Å². The molecular weight excluding hydrogens is 428 g/mol. The minimum atomic E-state index is -0.921. The van der Waals surface area contributed by atoms with Crippen molar-refractivity contribution < 1.29 is 24.9 Å². The van der Waals surface area contributed by atoms with Crippen LogP contribution in [0, 0.1) is 13.8 Å². The molecule has 0 aliphatic carbocycles. The monoisotopic (exact) mass is 470 g/mol. The van der Waals surface area contributed by atoms with Crippen LogP contribution >= 0.6 is 0 Å². The zero-order valence-electron chi connectivity index (χ0n) is 21.6. The molecule has 188 valence electrons. The standard InChI is InChI=1S/C29H42O5/c1-7-29(8-2,23-10-9-22(20(3)17-23)15-16-28(5,6)33)24-11-13-26(21(4)18-24)34-19-25(30)12-14-27(31)32/h9-11,13,17-18,25,30,33H,7-8,12,14-16,19H2,1-6H3,(H,31,32). The predicted octanol–water partition coefficient (Wildman–Crippen LogP) is 5.72. The summed E-state index contributed by atoms with van der Waals surface area (Å²) in [6.45, 7) is 12.4. The van der Waals surface area contributed by atoms with E-state index in [9.17, 15) is 15.0 Å². The Kier molecular flexibility index (Phi) is 9.72. The Morgan fingerprint density at radius 2 is 1.59 bits per heavy atom. The van der Waals surface area contributed by atoms with Gasteiger partial charge >= 0.3 is 5.97 Å². The van der Waals surface area contributed by atoms with Crippen molar-refractivity contribution in [1.82, 2.24) is 0 Å². The number of carboxylic acid groups (broad SMARTS) is 1. The molecule has 34 heavy (non-hydrogen) atoms. The number of carbonyl (C=O) groups is 1. The Balaban J connectivity index is 2.25. The second-order valence-electron chi connectivity index (χ2n) is 10.1. The molecule has 0 radical (unpaired) electrons. The molecule has 0 aliphatic heterocycles. The van der Waals surface area contributed by atoms with Gasteiger partial charge in [0.1, 0.15) is 12.4 Å². The molecule has 0 bridgehead atoms. The molecule has 2 aromatic carbocycles. The number of rotatable bonds is 13. The highest BCUT2D eigenvalue weighted by Crippen LogP contribution is 2.41. The summed E-state index contributed by atoms with van der Waals surface area (Å²) < 4.78 is 5.80. The summed E-state index contributed by atoms with van der Waals surface area (Å²) in [5, 5.41) is 28.9. The van der Waals surface area contributed by atoms with Crippen molar-refractivity contribution in [2.24, 2.45) is 0 Å². The molecule has 0 amide bonds. The SMILES string of the molecule is CCC(CC)(c1ccc(CCC(C)(C)O)c(C)c1)c1ccc(OCC(O)CCC(=O)O)c(C)c1. The Morgan fingerprint density at radius 1 is 1.00 bits per heavy atom. The summed E-state index contributed by atoms with van der Waals surface area (Å²) >= 11 is 0. The zero-order valence-corrected chi connectivity index (χ0v) is 21.6. The maximum Gasteiger partial charge on any atom is 0.303 e. The van der Waals surface area contributed by atoms with Crippen molar-refractivity contribution in [3.05, 3.63) is 64.2 Å². The van der Waals surface area contributed by atoms with E-state index in [1.54, 1.807) is 0 Å². The van der Waals surface area contributed by atoms with E-state index in [4.69, 9.17) is 9.84 Å². The molecule has 0 fully saturated rings. The number of hydrogen-bond donors (Lipinski definition) is 3. The first-order valence-corrected chi connectivity index (χ1v) is 12.4. The smallest absolute Gasteiger partial charge is 0.303 e. The van der Waals surface area contributed by atoms with Gasteiger partial charge < -0.3 is 20.1 Å². The third-order valence-corrected chi connectivity index (χ3v) is 6.96. The molecule has 0 spiro atoms. The number of benzene rings is 2. The first-order valence-electron chi connectivity index (χ1n) is 12.4. The molecule has 0 aliphatic rings. The predicted molar refractivity (Wildman–Crippen MR) is 137 cm³/mol. The maximum atomic E-state index is 10.7. The van der Waals surface area contributed by atoms with Gasteiger partial charge in [0.05, 0.1) is 11.7 Å². The molecule has 5 nitrogen and oxygen atoms in total. The van der Waals surface area contributed by atoms with Gasteiger partial charge in [0, 0.05) is 11.8 Å². The third-order valence-electron chi connectivity index (χ3n) is 6.96. The molecular formula is C29H42O5. The molecule has 5 heteroatoms. The summed E-state index contributed by atoms with van der Waals surface area (Å²) in [5.41, 5.74) is 5.25. The lowest BCUT2D eigenvalue weighted by atomic mass is 9.69. The molecule has 0 saturated heterocycles. The average Bonchev–Trinajstić information content (AvgIpc) is 2.77. The number of aliphatic hydroxyl groups excluding tert-OH is 1. The molecule has 0 aromatic heterocycles. The molecule has 1 unspecified atom stereocenters. The lowest BCUT2D eigenvalue weighted by molar-refractivity contribution is -0.137. The first kappa shape index (κ1) is 27.9. The molecule has 2 rings (SSSR count). The van der Waals surface area contributed by atoms with Gasteiger partial charge in [-0.15, -0.1) is 0 Å². The fraction of sp³-hybridized carbons (Fsp3) is 0.552. The van der Waals surface area contributed by atoms with E-state index < -0.39 is 17.7 Å². The summed E-state index contributed by atoms with van der Waals surface area (Å²) in [7, 11) is 0. The van der Waals surface area contributed by atoms with Crippen LogP contribution in [0.2, 0.25) is 0 Å².